The van der Waals surface area contributed by atoms with Crippen LogP contribution in [0.4, 0.5) is 0 Å². The average molecular weight is 434 g/mol. The lowest BCUT2D eigenvalue weighted by atomic mass is 10.1. The third-order valence-electron chi connectivity index (χ3n) is 1.55. The molecule has 12 heavy (non-hydrogen) atoms. The summed E-state index contributed by atoms with van der Waals surface area (Å²) in [5.74, 6) is -0.0889. The Kier molecular flexibility index (Phi) is 6.52. The number of rotatable bonds is 4. The van der Waals surface area contributed by atoms with Gasteiger partial charge in [0.1, 0.15) is 0 Å². The van der Waals surface area contributed by atoms with Gasteiger partial charge in [-0.3, -0.25) is 0 Å². The Labute approximate surface area is 106 Å². The number of aliphatic hydroxyl groups excluding tert-OH is 1. The second-order valence-electron chi connectivity index (χ2n) is 2.52. The van der Waals surface area contributed by atoms with Gasteiger partial charge in [-0.1, -0.05) is 38.8 Å². The van der Waals surface area contributed by atoms with Crippen LogP contribution in [0, 0.1) is 5.92 Å². The summed E-state index contributed by atoms with van der Waals surface area (Å²) in [6.45, 7) is 1.88. The van der Waals surface area contributed by atoms with Gasteiger partial charge in [-0.2, -0.15) is 0 Å². The molecule has 0 bridgehead atoms. The summed E-state index contributed by atoms with van der Waals surface area (Å²) < 4.78 is -1.10. The Morgan fingerprint density at radius 2 is 1.75 bits per heavy atom. The maximum atomic E-state index is 9.50. The van der Waals surface area contributed by atoms with Crippen LogP contribution >= 0.6 is 63.7 Å². The first-order valence-corrected chi connectivity index (χ1v) is 6.71. The van der Waals surface area contributed by atoms with Crippen molar-refractivity contribution in [2.75, 3.05) is 6.61 Å². The maximum absolute atomic E-state index is 9.50. The van der Waals surface area contributed by atoms with Crippen molar-refractivity contribution in [3.8, 4) is 0 Å². The molecular weight excluding hydrogens is 424 g/mol. The van der Waals surface area contributed by atoms with Gasteiger partial charge in [0, 0.05) is 10.7 Å². The zero-order valence-electron chi connectivity index (χ0n) is 6.35. The van der Waals surface area contributed by atoms with Crippen LogP contribution in [0.5, 0.6) is 0 Å². The summed E-state index contributed by atoms with van der Waals surface area (Å²) in [7, 11) is 0. The van der Waals surface area contributed by atoms with Crippen LogP contribution in [-0.2, 0) is 0 Å². The van der Waals surface area contributed by atoms with Gasteiger partial charge < -0.3 is 10.2 Å². The number of hydrogen-bond acceptors (Lipinski definition) is 2. The van der Waals surface area contributed by atoms with Crippen molar-refractivity contribution in [2.24, 2.45) is 5.92 Å². The third-order valence-corrected chi connectivity index (χ3v) is 5.99. The molecule has 74 valence electrons. The minimum absolute atomic E-state index is 0.0220. The molecule has 0 aromatic rings. The molecule has 2 nitrogen and oxygen atoms in total. The average Bonchev–Trinajstić information content (AvgIpc) is 1.98. The van der Waals surface area contributed by atoms with Crippen molar-refractivity contribution in [3.63, 3.8) is 0 Å². The Morgan fingerprint density at radius 1 is 1.33 bits per heavy atom. The molecule has 2 N–H and O–H groups in total. The van der Waals surface area contributed by atoms with Crippen molar-refractivity contribution in [3.05, 3.63) is 0 Å². The predicted octanol–water partition coefficient (Wildman–Crippen LogP) is 2.58. The number of alkyl halides is 4. The first kappa shape index (κ1) is 13.8. The molecule has 0 aromatic carbocycles. The van der Waals surface area contributed by atoms with E-state index in [1.165, 1.54) is 0 Å². The molecule has 0 saturated carbocycles. The molecule has 0 spiro atoms. The topological polar surface area (TPSA) is 40.5 Å². The van der Waals surface area contributed by atoms with Gasteiger partial charge in [0.05, 0.1) is 11.4 Å². The highest BCUT2D eigenvalue weighted by molar-refractivity contribution is 9.25. The Balaban J connectivity index is 4.19. The van der Waals surface area contributed by atoms with Gasteiger partial charge in [0.15, 0.2) is 3.42 Å². The fourth-order valence-corrected chi connectivity index (χ4v) is 2.89. The zero-order chi connectivity index (χ0) is 9.94. The number of aliphatic hydroxyl groups is 2. The summed E-state index contributed by atoms with van der Waals surface area (Å²) in [5, 5.41) is 18.3. The molecule has 0 saturated heterocycles. The van der Waals surface area contributed by atoms with E-state index in [0.717, 1.165) is 0 Å². The largest absolute Gasteiger partial charge is 0.395 e. The quantitative estimate of drug-likeness (QED) is 0.669. The van der Waals surface area contributed by atoms with Crippen LogP contribution in [0.1, 0.15) is 6.92 Å². The molecule has 0 radical (unpaired) electrons. The van der Waals surface area contributed by atoms with E-state index in [1.807, 2.05) is 6.92 Å². The molecule has 0 aliphatic carbocycles. The highest BCUT2D eigenvalue weighted by Crippen LogP contribution is 2.38. The predicted molar refractivity (Wildman–Crippen MR) is 64.5 cm³/mol. The van der Waals surface area contributed by atoms with Crippen LogP contribution < -0.4 is 0 Å². The van der Waals surface area contributed by atoms with Gasteiger partial charge in [-0.15, -0.1) is 0 Å². The Bertz CT molecular complexity index is 136. The summed E-state index contributed by atoms with van der Waals surface area (Å²) in [4.78, 5) is -0.0969. The van der Waals surface area contributed by atoms with E-state index in [1.54, 1.807) is 0 Å². The number of halogens is 4. The van der Waals surface area contributed by atoms with E-state index >= 15 is 0 Å². The fourth-order valence-electron chi connectivity index (χ4n) is 0.605. The lowest BCUT2D eigenvalue weighted by Crippen LogP contribution is -2.35. The zero-order valence-corrected chi connectivity index (χ0v) is 12.7. The molecule has 0 fully saturated rings. The lowest BCUT2D eigenvalue weighted by molar-refractivity contribution is 0.174. The van der Waals surface area contributed by atoms with Gasteiger partial charge in [0.25, 0.3) is 0 Å². The van der Waals surface area contributed by atoms with Crippen LogP contribution in [-0.4, -0.2) is 29.9 Å². The second kappa shape index (κ2) is 5.66. The first-order valence-electron chi connectivity index (χ1n) is 3.30. The van der Waals surface area contributed by atoms with Crippen LogP contribution in [0.25, 0.3) is 0 Å². The fraction of sp³-hybridized carbons (Fsp3) is 1.00. The second-order valence-corrected chi connectivity index (χ2v) is 8.24. The van der Waals surface area contributed by atoms with Crippen molar-refractivity contribution >= 4 is 63.7 Å². The minimum Gasteiger partial charge on any atom is -0.395 e. The van der Waals surface area contributed by atoms with E-state index in [0.29, 0.717) is 0 Å². The number of hydrogen-bond donors (Lipinski definition) is 2. The van der Waals surface area contributed by atoms with E-state index < -0.39 is 3.42 Å². The smallest absolute Gasteiger partial charge is 0.178 e. The molecule has 0 amide bonds. The SMILES string of the molecule is CC(C(Br)C(Br)CO)C(O)(Br)Br. The van der Waals surface area contributed by atoms with Crippen LogP contribution in [0.3, 0.4) is 0 Å². The van der Waals surface area contributed by atoms with E-state index in [-0.39, 0.29) is 22.2 Å². The molecule has 3 unspecified atom stereocenters. The maximum Gasteiger partial charge on any atom is 0.178 e. The van der Waals surface area contributed by atoms with Crippen LogP contribution in [0.2, 0.25) is 0 Å². The lowest BCUT2D eigenvalue weighted by Gasteiger charge is -2.28. The molecule has 0 aliphatic heterocycles. The molecule has 0 heterocycles. The molecule has 6 heteroatoms. The molecule has 0 aromatic heterocycles. The summed E-state index contributed by atoms with van der Waals surface area (Å²) in [6, 6.07) is 0. The van der Waals surface area contributed by atoms with E-state index in [2.05, 4.69) is 63.7 Å². The summed E-state index contributed by atoms with van der Waals surface area (Å²) >= 11 is 12.8. The molecule has 0 aliphatic rings. The van der Waals surface area contributed by atoms with E-state index in [9.17, 15) is 5.11 Å². The van der Waals surface area contributed by atoms with Gasteiger partial charge in [-0.05, 0) is 31.9 Å². The monoisotopic (exact) mass is 430 g/mol. The molecule has 0 rings (SSSR count). The Morgan fingerprint density at radius 3 is 2.00 bits per heavy atom. The Hall–Kier alpha value is 1.84. The minimum atomic E-state index is -1.10. The normalized spacial score (nSPS) is 20.2. The summed E-state index contributed by atoms with van der Waals surface area (Å²) in [6.07, 6.45) is 0. The van der Waals surface area contributed by atoms with Crippen molar-refractivity contribution in [2.45, 2.75) is 20.0 Å². The molecular formula is C6H10Br4O2. The van der Waals surface area contributed by atoms with E-state index in [4.69, 9.17) is 5.11 Å². The van der Waals surface area contributed by atoms with Crippen LogP contribution in [0.15, 0.2) is 0 Å². The summed E-state index contributed by atoms with van der Waals surface area (Å²) in [5.41, 5.74) is 0. The highest BCUT2D eigenvalue weighted by Gasteiger charge is 2.35. The van der Waals surface area contributed by atoms with Crippen molar-refractivity contribution in [1.82, 2.24) is 0 Å². The standard InChI is InChI=1S/C6H10Br4O2/c1-3(6(9,10)12)5(8)4(7)2-11/h3-5,11-12H,2H2,1H3. The first-order chi connectivity index (χ1) is 5.30. The van der Waals surface area contributed by atoms with Crippen molar-refractivity contribution < 1.29 is 10.2 Å². The highest BCUT2D eigenvalue weighted by atomic mass is 79.9. The third kappa shape index (κ3) is 4.37. The molecule has 3 atom stereocenters. The van der Waals surface area contributed by atoms with Crippen molar-refractivity contribution in [1.29, 1.82) is 0 Å². The van der Waals surface area contributed by atoms with Gasteiger partial charge >= 0.3 is 0 Å². The van der Waals surface area contributed by atoms with Gasteiger partial charge in [-0.25, -0.2) is 0 Å². The van der Waals surface area contributed by atoms with Gasteiger partial charge in [0.2, 0.25) is 0 Å².